The van der Waals surface area contributed by atoms with Crippen LogP contribution in [-0.2, 0) is 6.42 Å². The van der Waals surface area contributed by atoms with E-state index in [1.807, 2.05) is 25.1 Å². The van der Waals surface area contributed by atoms with Gasteiger partial charge in [0.1, 0.15) is 0 Å². The lowest BCUT2D eigenvalue weighted by Crippen LogP contribution is -2.17. The number of hydrogen-bond donors (Lipinski definition) is 1. The van der Waals surface area contributed by atoms with Crippen molar-refractivity contribution >= 4 is 12.4 Å². The molecule has 0 spiro atoms. The Balaban J connectivity index is 0.00000361. The van der Waals surface area contributed by atoms with Gasteiger partial charge in [0.25, 0.3) is 0 Å². The van der Waals surface area contributed by atoms with Gasteiger partial charge >= 0.3 is 0 Å². The second kappa shape index (κ2) is 9.50. The van der Waals surface area contributed by atoms with E-state index in [0.717, 1.165) is 18.4 Å². The Hall–Kier alpha value is -1.39. The fourth-order valence-corrected chi connectivity index (χ4v) is 1.81. The zero-order valence-corrected chi connectivity index (χ0v) is 13.2. The first-order chi connectivity index (χ1) is 9.12. The molecule has 4 nitrogen and oxygen atoms in total. The quantitative estimate of drug-likeness (QED) is 0.592. The van der Waals surface area contributed by atoms with Gasteiger partial charge in [-0.15, -0.1) is 19.0 Å². The fourth-order valence-electron chi connectivity index (χ4n) is 1.81. The van der Waals surface area contributed by atoms with Crippen LogP contribution in [0.1, 0.15) is 18.9 Å². The molecule has 0 heterocycles. The molecular weight excluding hydrogens is 278 g/mol. The van der Waals surface area contributed by atoms with Crippen molar-refractivity contribution in [3.05, 3.63) is 30.4 Å². The van der Waals surface area contributed by atoms with E-state index >= 15 is 0 Å². The van der Waals surface area contributed by atoms with Gasteiger partial charge in [-0.25, -0.2) is 0 Å². The van der Waals surface area contributed by atoms with Gasteiger partial charge in [0.05, 0.1) is 20.8 Å². The summed E-state index contributed by atoms with van der Waals surface area (Å²) >= 11 is 0. The second-order valence-electron chi connectivity index (χ2n) is 4.44. The maximum Gasteiger partial charge on any atom is 0.203 e. The molecule has 0 radical (unpaired) electrons. The van der Waals surface area contributed by atoms with Gasteiger partial charge < -0.3 is 19.9 Å². The van der Waals surface area contributed by atoms with Gasteiger partial charge in [0.15, 0.2) is 11.5 Å². The average Bonchev–Trinajstić information content (AvgIpc) is 2.38. The predicted octanol–water partition coefficient (Wildman–Crippen LogP) is 2.97. The summed E-state index contributed by atoms with van der Waals surface area (Å²) in [4.78, 5) is 0. The van der Waals surface area contributed by atoms with Crippen molar-refractivity contribution < 1.29 is 14.2 Å². The average molecular weight is 302 g/mol. The highest BCUT2D eigenvalue weighted by Crippen LogP contribution is 2.38. The summed E-state index contributed by atoms with van der Waals surface area (Å²) in [5.74, 6) is 1.96. The number of nitrogens with two attached hydrogens (primary N) is 1. The molecule has 5 heteroatoms. The van der Waals surface area contributed by atoms with Crippen LogP contribution in [0.3, 0.4) is 0 Å². The Morgan fingerprint density at radius 3 is 2.20 bits per heavy atom. The summed E-state index contributed by atoms with van der Waals surface area (Å²) in [6.07, 6.45) is 3.34. The highest BCUT2D eigenvalue weighted by molar-refractivity contribution is 5.85. The minimum atomic E-state index is 0. The zero-order valence-electron chi connectivity index (χ0n) is 12.3. The molecule has 0 bridgehead atoms. The molecule has 0 aliphatic rings. The first kappa shape index (κ1) is 18.6. The third kappa shape index (κ3) is 5.31. The molecule has 0 saturated carbocycles. The maximum atomic E-state index is 5.82. The van der Waals surface area contributed by atoms with Crippen molar-refractivity contribution in [2.45, 2.75) is 25.8 Å². The largest absolute Gasteiger partial charge is 0.493 e. The molecule has 1 aromatic rings. The normalized spacial score (nSPS) is 11.2. The van der Waals surface area contributed by atoms with Gasteiger partial charge in [-0.3, -0.25) is 0 Å². The molecule has 20 heavy (non-hydrogen) atoms. The van der Waals surface area contributed by atoms with E-state index in [0.29, 0.717) is 23.9 Å². The van der Waals surface area contributed by atoms with Crippen LogP contribution in [0.4, 0.5) is 0 Å². The smallest absolute Gasteiger partial charge is 0.203 e. The van der Waals surface area contributed by atoms with Crippen molar-refractivity contribution in [1.29, 1.82) is 0 Å². The molecule has 0 aromatic heterocycles. The lowest BCUT2D eigenvalue weighted by atomic mass is 10.1. The molecule has 0 saturated heterocycles. The van der Waals surface area contributed by atoms with E-state index in [4.69, 9.17) is 19.9 Å². The summed E-state index contributed by atoms with van der Waals surface area (Å²) in [7, 11) is 3.23. The molecule has 1 unspecified atom stereocenters. The van der Waals surface area contributed by atoms with E-state index in [1.165, 1.54) is 0 Å². The first-order valence-electron chi connectivity index (χ1n) is 6.36. The van der Waals surface area contributed by atoms with Crippen LogP contribution in [0.15, 0.2) is 24.8 Å². The summed E-state index contributed by atoms with van der Waals surface area (Å²) in [5, 5.41) is 0. The van der Waals surface area contributed by atoms with Gasteiger partial charge in [0, 0.05) is 6.04 Å². The molecule has 114 valence electrons. The molecule has 0 fully saturated rings. The molecule has 0 amide bonds. The first-order valence-corrected chi connectivity index (χ1v) is 6.36. The number of ether oxygens (including phenoxy) is 3. The SMILES string of the molecule is C=CCCOc1c(OC)cc(CC(C)N)cc1OC.Cl. The van der Waals surface area contributed by atoms with Crippen LogP contribution in [-0.4, -0.2) is 26.9 Å². The lowest BCUT2D eigenvalue weighted by molar-refractivity contribution is 0.279. The molecule has 2 N–H and O–H groups in total. The van der Waals surface area contributed by atoms with Crippen LogP contribution >= 0.6 is 12.4 Å². The van der Waals surface area contributed by atoms with Crippen molar-refractivity contribution in [2.24, 2.45) is 5.73 Å². The Bertz CT molecular complexity index is 397. The molecule has 0 aliphatic heterocycles. The third-order valence-electron chi connectivity index (χ3n) is 2.65. The molecule has 0 aliphatic carbocycles. The summed E-state index contributed by atoms with van der Waals surface area (Å²) in [6, 6.07) is 3.96. The van der Waals surface area contributed by atoms with Crippen LogP contribution < -0.4 is 19.9 Å². The van der Waals surface area contributed by atoms with E-state index in [2.05, 4.69) is 6.58 Å². The van der Waals surface area contributed by atoms with Crippen molar-refractivity contribution in [1.82, 2.24) is 0 Å². The predicted molar refractivity (Wildman–Crippen MR) is 84.5 cm³/mol. The highest BCUT2D eigenvalue weighted by Gasteiger charge is 2.14. The summed E-state index contributed by atoms with van der Waals surface area (Å²) < 4.78 is 16.4. The zero-order chi connectivity index (χ0) is 14.3. The number of halogens is 1. The van der Waals surface area contributed by atoms with E-state index in [1.54, 1.807) is 14.2 Å². The standard InChI is InChI=1S/C15H23NO3.ClH/c1-5-6-7-19-15-13(17-3)9-12(8-11(2)16)10-14(15)18-4;/h5,9-11H,1,6-8,16H2,2-4H3;1H. The second-order valence-corrected chi connectivity index (χ2v) is 4.44. The Morgan fingerprint density at radius 2 is 1.80 bits per heavy atom. The van der Waals surface area contributed by atoms with Gasteiger partial charge in [0.2, 0.25) is 5.75 Å². The van der Waals surface area contributed by atoms with E-state index in [9.17, 15) is 0 Å². The third-order valence-corrected chi connectivity index (χ3v) is 2.65. The van der Waals surface area contributed by atoms with Gasteiger partial charge in [-0.05, 0) is 37.5 Å². The van der Waals surface area contributed by atoms with Gasteiger partial charge in [-0.2, -0.15) is 0 Å². The van der Waals surface area contributed by atoms with Crippen molar-refractivity contribution in [3.8, 4) is 17.2 Å². The van der Waals surface area contributed by atoms with E-state index < -0.39 is 0 Å². The van der Waals surface area contributed by atoms with Crippen molar-refractivity contribution in [2.75, 3.05) is 20.8 Å². The van der Waals surface area contributed by atoms with Crippen LogP contribution in [0.25, 0.3) is 0 Å². The number of benzene rings is 1. The summed E-state index contributed by atoms with van der Waals surface area (Å²) in [5.41, 5.74) is 6.89. The van der Waals surface area contributed by atoms with Crippen molar-refractivity contribution in [3.63, 3.8) is 0 Å². The Labute approximate surface area is 127 Å². The van der Waals surface area contributed by atoms with Crippen LogP contribution in [0, 0.1) is 0 Å². The van der Waals surface area contributed by atoms with Gasteiger partial charge in [-0.1, -0.05) is 6.08 Å². The lowest BCUT2D eigenvalue weighted by Gasteiger charge is -2.16. The Morgan fingerprint density at radius 1 is 1.25 bits per heavy atom. The minimum Gasteiger partial charge on any atom is -0.493 e. The van der Waals surface area contributed by atoms with E-state index in [-0.39, 0.29) is 18.4 Å². The van der Waals surface area contributed by atoms with Crippen LogP contribution in [0.5, 0.6) is 17.2 Å². The number of hydrogen-bond acceptors (Lipinski definition) is 4. The topological polar surface area (TPSA) is 53.7 Å². The highest BCUT2D eigenvalue weighted by atomic mass is 35.5. The fraction of sp³-hybridized carbons (Fsp3) is 0.467. The Kier molecular flexibility index (Phi) is 8.84. The molecular formula is C15H24ClNO3. The molecule has 1 rings (SSSR count). The molecule has 1 atom stereocenters. The molecule has 1 aromatic carbocycles. The number of methoxy groups -OCH3 is 2. The maximum absolute atomic E-state index is 5.82. The number of rotatable bonds is 8. The van der Waals surface area contributed by atoms with Crippen LogP contribution in [0.2, 0.25) is 0 Å². The minimum absolute atomic E-state index is 0. The monoisotopic (exact) mass is 301 g/mol. The summed E-state index contributed by atoms with van der Waals surface area (Å²) in [6.45, 7) is 6.18.